The van der Waals surface area contributed by atoms with Crippen LogP contribution in [0.5, 0.6) is 17.2 Å². The molecule has 1 N–H and O–H groups in total. The van der Waals surface area contributed by atoms with Gasteiger partial charge in [-0.2, -0.15) is 0 Å². The molecule has 0 amide bonds. The number of hydrogen-bond acceptors (Lipinski definition) is 3. The molecule has 0 radical (unpaired) electrons. The quantitative estimate of drug-likeness (QED) is 0.306. The Hall–Kier alpha value is -4.05. The molecule has 0 aliphatic carbocycles. The first-order valence-electron chi connectivity index (χ1n) is 10.9. The molecule has 0 fully saturated rings. The molecule has 4 heteroatoms. The summed E-state index contributed by atoms with van der Waals surface area (Å²) in [4.78, 5) is 11.5. The zero-order valence-corrected chi connectivity index (χ0v) is 18.5. The van der Waals surface area contributed by atoms with E-state index >= 15 is 0 Å². The molecule has 0 aromatic heterocycles. The number of hydrogen-bond donors (Lipinski definition) is 1. The molecule has 0 aliphatic rings. The summed E-state index contributed by atoms with van der Waals surface area (Å²) in [6.07, 6.45) is 0.0409. The summed E-state index contributed by atoms with van der Waals surface area (Å²) >= 11 is 0. The minimum atomic E-state index is -0.818. The Morgan fingerprint density at radius 3 is 2.21 bits per heavy atom. The van der Waals surface area contributed by atoms with Crippen molar-refractivity contribution in [3.63, 3.8) is 0 Å². The Morgan fingerprint density at radius 1 is 0.788 bits per heavy atom. The van der Waals surface area contributed by atoms with Crippen molar-refractivity contribution in [3.8, 4) is 17.2 Å². The summed E-state index contributed by atoms with van der Waals surface area (Å²) in [6.45, 7) is 2.42. The third kappa shape index (κ3) is 6.01. The van der Waals surface area contributed by atoms with E-state index in [4.69, 9.17) is 9.47 Å². The Balaban J connectivity index is 1.44. The molecular formula is C29H26O4. The first-order chi connectivity index (χ1) is 16.1. The van der Waals surface area contributed by atoms with Gasteiger partial charge in [0, 0.05) is 5.92 Å². The minimum absolute atomic E-state index is 0.0409. The van der Waals surface area contributed by atoms with E-state index in [0.717, 1.165) is 39.5 Å². The van der Waals surface area contributed by atoms with Gasteiger partial charge in [0.05, 0.1) is 6.42 Å². The van der Waals surface area contributed by atoms with Crippen molar-refractivity contribution >= 4 is 5.97 Å². The Bertz CT molecular complexity index is 1200. The summed E-state index contributed by atoms with van der Waals surface area (Å²) in [5.74, 6) is 1.25. The number of para-hydroxylation sites is 1. The molecule has 33 heavy (non-hydrogen) atoms. The highest BCUT2D eigenvalue weighted by Gasteiger charge is 2.19. The molecule has 1 unspecified atom stereocenters. The lowest BCUT2D eigenvalue weighted by atomic mass is 9.86. The monoisotopic (exact) mass is 438 g/mol. The van der Waals surface area contributed by atoms with Gasteiger partial charge in [0.1, 0.15) is 23.9 Å². The van der Waals surface area contributed by atoms with Crippen LogP contribution in [0.2, 0.25) is 0 Å². The van der Waals surface area contributed by atoms with Gasteiger partial charge in [0.25, 0.3) is 0 Å². The van der Waals surface area contributed by atoms with E-state index in [0.29, 0.717) is 6.61 Å². The molecular weight excluding hydrogens is 412 g/mol. The third-order valence-electron chi connectivity index (χ3n) is 5.51. The van der Waals surface area contributed by atoms with Crippen LogP contribution < -0.4 is 9.47 Å². The smallest absolute Gasteiger partial charge is 0.304 e. The zero-order chi connectivity index (χ0) is 23.0. The summed E-state index contributed by atoms with van der Waals surface area (Å²) in [5.41, 5.74) is 4.07. The van der Waals surface area contributed by atoms with Crippen molar-refractivity contribution in [1.82, 2.24) is 0 Å². The summed E-state index contributed by atoms with van der Waals surface area (Å²) in [6, 6.07) is 33.1. The lowest BCUT2D eigenvalue weighted by molar-refractivity contribution is -0.137. The highest BCUT2D eigenvalue weighted by Crippen LogP contribution is 2.31. The molecule has 4 aromatic carbocycles. The molecule has 4 aromatic rings. The topological polar surface area (TPSA) is 55.8 Å². The van der Waals surface area contributed by atoms with E-state index in [-0.39, 0.29) is 12.3 Å². The zero-order valence-electron chi connectivity index (χ0n) is 18.5. The normalized spacial score (nSPS) is 11.5. The number of carboxylic acids is 1. The third-order valence-corrected chi connectivity index (χ3v) is 5.51. The summed E-state index contributed by atoms with van der Waals surface area (Å²) in [5, 5.41) is 9.44. The van der Waals surface area contributed by atoms with Crippen molar-refractivity contribution in [2.24, 2.45) is 0 Å². The Kier molecular flexibility index (Phi) is 7.06. The average Bonchev–Trinajstić information content (AvgIpc) is 2.83. The van der Waals surface area contributed by atoms with Crippen molar-refractivity contribution in [2.75, 3.05) is 0 Å². The number of rotatable bonds is 9. The maximum Gasteiger partial charge on any atom is 0.304 e. The van der Waals surface area contributed by atoms with E-state index in [1.165, 1.54) is 0 Å². The molecule has 0 heterocycles. The molecule has 0 bridgehead atoms. The van der Waals surface area contributed by atoms with Gasteiger partial charge in [-0.1, -0.05) is 66.7 Å². The summed E-state index contributed by atoms with van der Waals surface area (Å²) < 4.78 is 11.9. The summed E-state index contributed by atoms with van der Waals surface area (Å²) in [7, 11) is 0. The first-order valence-corrected chi connectivity index (χ1v) is 10.9. The lowest BCUT2D eigenvalue weighted by Gasteiger charge is -2.19. The largest absolute Gasteiger partial charge is 0.489 e. The van der Waals surface area contributed by atoms with E-state index < -0.39 is 5.97 Å². The van der Waals surface area contributed by atoms with Gasteiger partial charge >= 0.3 is 5.97 Å². The minimum Gasteiger partial charge on any atom is -0.489 e. The predicted octanol–water partition coefficient (Wildman–Crippen LogP) is 6.97. The van der Waals surface area contributed by atoms with E-state index in [9.17, 15) is 9.90 Å². The highest BCUT2D eigenvalue weighted by atomic mass is 16.5. The number of benzene rings is 4. The molecule has 4 rings (SSSR count). The van der Waals surface area contributed by atoms with Crippen LogP contribution in [0.15, 0.2) is 103 Å². The maximum atomic E-state index is 11.5. The van der Waals surface area contributed by atoms with Gasteiger partial charge in [-0.05, 0) is 65.6 Å². The van der Waals surface area contributed by atoms with Crippen molar-refractivity contribution in [1.29, 1.82) is 0 Å². The molecule has 0 aliphatic heterocycles. The van der Waals surface area contributed by atoms with Gasteiger partial charge in [-0.3, -0.25) is 4.79 Å². The molecule has 0 saturated heterocycles. The average molecular weight is 439 g/mol. The van der Waals surface area contributed by atoms with Crippen LogP contribution in [0.3, 0.4) is 0 Å². The standard InChI is InChI=1S/C29H26O4/c1-21-8-5-6-13-27(21)28(19-29(30)31)23-14-16-24(17-15-23)32-20-22-9-7-12-26(18-22)33-25-10-3-2-4-11-25/h2-18,28H,19-20H2,1H3,(H,30,31). The number of carbonyl (C=O) groups is 1. The lowest BCUT2D eigenvalue weighted by Crippen LogP contribution is -2.09. The predicted molar refractivity (Wildman–Crippen MR) is 129 cm³/mol. The van der Waals surface area contributed by atoms with Crippen LogP contribution in [0.25, 0.3) is 0 Å². The van der Waals surface area contributed by atoms with Crippen LogP contribution in [-0.2, 0) is 11.4 Å². The number of carboxylic acid groups (broad SMARTS) is 1. The fraction of sp³-hybridized carbons (Fsp3) is 0.138. The fourth-order valence-corrected chi connectivity index (χ4v) is 3.85. The molecule has 0 spiro atoms. The second kappa shape index (κ2) is 10.5. The van der Waals surface area contributed by atoms with Crippen molar-refractivity contribution < 1.29 is 19.4 Å². The number of ether oxygens (including phenoxy) is 2. The van der Waals surface area contributed by atoms with Crippen LogP contribution in [0.4, 0.5) is 0 Å². The van der Waals surface area contributed by atoms with E-state index in [2.05, 4.69) is 0 Å². The molecule has 1 atom stereocenters. The molecule has 4 nitrogen and oxygen atoms in total. The van der Waals surface area contributed by atoms with Crippen LogP contribution in [-0.4, -0.2) is 11.1 Å². The first kappa shape index (κ1) is 22.2. The van der Waals surface area contributed by atoms with E-state index in [1.807, 2.05) is 110 Å². The fourth-order valence-electron chi connectivity index (χ4n) is 3.85. The van der Waals surface area contributed by atoms with Crippen LogP contribution >= 0.6 is 0 Å². The van der Waals surface area contributed by atoms with Gasteiger partial charge < -0.3 is 14.6 Å². The van der Waals surface area contributed by atoms with Crippen LogP contribution in [0, 0.1) is 6.92 Å². The van der Waals surface area contributed by atoms with Gasteiger partial charge in [0.15, 0.2) is 0 Å². The van der Waals surface area contributed by atoms with Gasteiger partial charge in [-0.15, -0.1) is 0 Å². The van der Waals surface area contributed by atoms with Crippen LogP contribution in [0.1, 0.15) is 34.6 Å². The second-order valence-corrected chi connectivity index (χ2v) is 7.93. The number of aryl methyl sites for hydroxylation is 1. The maximum absolute atomic E-state index is 11.5. The number of aliphatic carboxylic acids is 1. The van der Waals surface area contributed by atoms with Crippen molar-refractivity contribution in [3.05, 3.63) is 125 Å². The SMILES string of the molecule is Cc1ccccc1C(CC(=O)O)c1ccc(OCc2cccc(Oc3ccccc3)c2)cc1. The van der Waals surface area contributed by atoms with Gasteiger partial charge in [0.2, 0.25) is 0 Å². The van der Waals surface area contributed by atoms with Crippen molar-refractivity contribution in [2.45, 2.75) is 25.9 Å². The van der Waals surface area contributed by atoms with E-state index in [1.54, 1.807) is 0 Å². The molecule has 166 valence electrons. The highest BCUT2D eigenvalue weighted by molar-refractivity contribution is 5.69. The Labute approximate surface area is 194 Å². The molecule has 0 saturated carbocycles. The second-order valence-electron chi connectivity index (χ2n) is 7.93. The Morgan fingerprint density at radius 2 is 1.48 bits per heavy atom. The van der Waals surface area contributed by atoms with Gasteiger partial charge in [-0.25, -0.2) is 0 Å².